The highest BCUT2D eigenvalue weighted by molar-refractivity contribution is 5.92. The van der Waals surface area contributed by atoms with Crippen LogP contribution in [0, 0.1) is 6.92 Å². The molecule has 0 saturated carbocycles. The molecular weight excluding hydrogens is 270 g/mol. The SMILES string of the molecule is Cc1cnc(C2CN(C(=O)c3cnccn3)CCO2)cn1. The fourth-order valence-electron chi connectivity index (χ4n) is 2.15. The van der Waals surface area contributed by atoms with Gasteiger partial charge in [0, 0.05) is 25.1 Å². The van der Waals surface area contributed by atoms with E-state index in [1.54, 1.807) is 23.5 Å². The van der Waals surface area contributed by atoms with Crippen LogP contribution in [0.2, 0.25) is 0 Å². The molecule has 21 heavy (non-hydrogen) atoms. The number of aromatic nitrogens is 4. The van der Waals surface area contributed by atoms with Crippen LogP contribution in [0.3, 0.4) is 0 Å². The molecule has 3 heterocycles. The van der Waals surface area contributed by atoms with Crippen LogP contribution in [-0.2, 0) is 4.74 Å². The lowest BCUT2D eigenvalue weighted by molar-refractivity contribution is -0.0251. The van der Waals surface area contributed by atoms with E-state index < -0.39 is 0 Å². The van der Waals surface area contributed by atoms with Gasteiger partial charge in [0.25, 0.3) is 5.91 Å². The zero-order chi connectivity index (χ0) is 14.7. The van der Waals surface area contributed by atoms with E-state index in [-0.39, 0.29) is 12.0 Å². The van der Waals surface area contributed by atoms with E-state index in [2.05, 4.69) is 19.9 Å². The highest BCUT2D eigenvalue weighted by atomic mass is 16.5. The molecule has 1 unspecified atom stereocenters. The number of ether oxygens (including phenoxy) is 1. The number of nitrogens with zero attached hydrogens (tertiary/aromatic N) is 5. The Hall–Kier alpha value is -2.41. The lowest BCUT2D eigenvalue weighted by Gasteiger charge is -2.32. The Labute approximate surface area is 122 Å². The summed E-state index contributed by atoms with van der Waals surface area (Å²) >= 11 is 0. The van der Waals surface area contributed by atoms with Crippen molar-refractivity contribution in [1.29, 1.82) is 0 Å². The van der Waals surface area contributed by atoms with E-state index in [1.165, 1.54) is 12.4 Å². The first-order valence-corrected chi connectivity index (χ1v) is 6.69. The van der Waals surface area contributed by atoms with E-state index in [9.17, 15) is 4.79 Å². The monoisotopic (exact) mass is 285 g/mol. The van der Waals surface area contributed by atoms with Crippen LogP contribution in [0.1, 0.15) is 28.0 Å². The largest absolute Gasteiger partial charge is 0.368 e. The second kappa shape index (κ2) is 5.92. The molecule has 0 spiro atoms. The van der Waals surface area contributed by atoms with Crippen LogP contribution in [0.5, 0.6) is 0 Å². The number of hydrogen-bond donors (Lipinski definition) is 0. The summed E-state index contributed by atoms with van der Waals surface area (Å²) in [5.41, 5.74) is 1.92. The molecule has 1 saturated heterocycles. The van der Waals surface area contributed by atoms with Crippen LogP contribution in [0.15, 0.2) is 31.0 Å². The molecule has 1 amide bonds. The Morgan fingerprint density at radius 1 is 1.24 bits per heavy atom. The summed E-state index contributed by atoms with van der Waals surface area (Å²) < 4.78 is 5.69. The molecule has 1 aliphatic rings. The normalized spacial score (nSPS) is 18.5. The van der Waals surface area contributed by atoms with Gasteiger partial charge in [-0.25, -0.2) is 4.98 Å². The topological polar surface area (TPSA) is 81.1 Å². The van der Waals surface area contributed by atoms with Crippen LogP contribution < -0.4 is 0 Å². The fourth-order valence-corrected chi connectivity index (χ4v) is 2.15. The molecule has 2 aromatic heterocycles. The molecule has 0 aromatic carbocycles. The molecule has 0 N–H and O–H groups in total. The van der Waals surface area contributed by atoms with Gasteiger partial charge in [-0.05, 0) is 6.92 Å². The van der Waals surface area contributed by atoms with Crippen molar-refractivity contribution in [1.82, 2.24) is 24.8 Å². The third kappa shape index (κ3) is 3.03. The molecule has 1 atom stereocenters. The molecular formula is C14H15N5O2. The van der Waals surface area contributed by atoms with E-state index in [0.717, 1.165) is 11.4 Å². The number of carbonyl (C=O) groups excluding carboxylic acids is 1. The van der Waals surface area contributed by atoms with Crippen molar-refractivity contribution >= 4 is 5.91 Å². The zero-order valence-electron chi connectivity index (χ0n) is 11.6. The van der Waals surface area contributed by atoms with E-state index in [4.69, 9.17) is 4.74 Å². The summed E-state index contributed by atoms with van der Waals surface area (Å²) in [6.07, 6.45) is 7.65. The van der Waals surface area contributed by atoms with Gasteiger partial charge >= 0.3 is 0 Å². The van der Waals surface area contributed by atoms with Crippen molar-refractivity contribution in [2.45, 2.75) is 13.0 Å². The molecule has 108 valence electrons. The molecule has 2 aromatic rings. The van der Waals surface area contributed by atoms with Gasteiger partial charge in [0.2, 0.25) is 0 Å². The standard InChI is InChI=1S/C14H15N5O2/c1-10-6-18-11(8-17-10)13-9-19(4-5-21-13)14(20)12-7-15-2-3-16-12/h2-3,6-8,13H,4-5,9H2,1H3. The van der Waals surface area contributed by atoms with Gasteiger partial charge in [-0.1, -0.05) is 0 Å². The van der Waals surface area contributed by atoms with Crippen molar-refractivity contribution in [3.8, 4) is 0 Å². The summed E-state index contributed by atoms with van der Waals surface area (Å²) in [7, 11) is 0. The first-order chi connectivity index (χ1) is 10.2. The van der Waals surface area contributed by atoms with Gasteiger partial charge in [0.1, 0.15) is 11.8 Å². The average molecular weight is 285 g/mol. The lowest BCUT2D eigenvalue weighted by Crippen LogP contribution is -2.42. The first-order valence-electron chi connectivity index (χ1n) is 6.69. The maximum atomic E-state index is 12.4. The molecule has 0 radical (unpaired) electrons. The summed E-state index contributed by atoms with van der Waals surface area (Å²) in [5.74, 6) is -0.142. The number of carbonyl (C=O) groups is 1. The minimum Gasteiger partial charge on any atom is -0.368 e. The van der Waals surface area contributed by atoms with Crippen molar-refractivity contribution in [2.75, 3.05) is 19.7 Å². The smallest absolute Gasteiger partial charge is 0.274 e. The number of rotatable bonds is 2. The maximum Gasteiger partial charge on any atom is 0.274 e. The first kappa shape index (κ1) is 13.6. The predicted molar refractivity (Wildman–Crippen MR) is 73.4 cm³/mol. The Balaban J connectivity index is 1.74. The van der Waals surface area contributed by atoms with Crippen molar-refractivity contribution < 1.29 is 9.53 Å². The third-order valence-electron chi connectivity index (χ3n) is 3.27. The predicted octanol–water partition coefficient (Wildman–Crippen LogP) is 0.789. The van der Waals surface area contributed by atoms with E-state index in [0.29, 0.717) is 25.4 Å². The van der Waals surface area contributed by atoms with Crippen LogP contribution in [0.25, 0.3) is 0 Å². The number of aryl methyl sites for hydroxylation is 1. The summed E-state index contributed by atoms with van der Waals surface area (Å²) in [6.45, 7) is 3.31. The maximum absolute atomic E-state index is 12.4. The van der Waals surface area contributed by atoms with Crippen molar-refractivity contribution in [2.24, 2.45) is 0 Å². The van der Waals surface area contributed by atoms with E-state index >= 15 is 0 Å². The summed E-state index contributed by atoms with van der Waals surface area (Å²) in [4.78, 5) is 30.6. The molecule has 3 rings (SSSR count). The Bertz CT molecular complexity index is 617. The Morgan fingerprint density at radius 2 is 2.14 bits per heavy atom. The van der Waals surface area contributed by atoms with Crippen molar-refractivity contribution in [3.63, 3.8) is 0 Å². The number of hydrogen-bond acceptors (Lipinski definition) is 6. The number of amides is 1. The zero-order valence-corrected chi connectivity index (χ0v) is 11.6. The molecule has 0 bridgehead atoms. The molecule has 7 heteroatoms. The third-order valence-corrected chi connectivity index (χ3v) is 3.27. The molecule has 1 aliphatic heterocycles. The average Bonchev–Trinajstić information content (AvgIpc) is 2.56. The molecule has 7 nitrogen and oxygen atoms in total. The summed E-state index contributed by atoms with van der Waals surface area (Å²) in [5, 5.41) is 0. The highest BCUT2D eigenvalue weighted by Gasteiger charge is 2.27. The van der Waals surface area contributed by atoms with Gasteiger partial charge in [-0.3, -0.25) is 19.7 Å². The molecule has 1 fully saturated rings. The van der Waals surface area contributed by atoms with Crippen LogP contribution in [0.4, 0.5) is 0 Å². The quantitative estimate of drug-likeness (QED) is 0.811. The second-order valence-electron chi connectivity index (χ2n) is 4.78. The Kier molecular flexibility index (Phi) is 3.83. The fraction of sp³-hybridized carbons (Fsp3) is 0.357. The van der Waals surface area contributed by atoms with Crippen LogP contribution >= 0.6 is 0 Å². The minimum atomic E-state index is -0.257. The van der Waals surface area contributed by atoms with Crippen molar-refractivity contribution in [3.05, 3.63) is 48.1 Å². The van der Waals surface area contributed by atoms with Gasteiger partial charge in [-0.2, -0.15) is 0 Å². The molecule has 0 aliphatic carbocycles. The second-order valence-corrected chi connectivity index (χ2v) is 4.78. The van der Waals surface area contributed by atoms with Gasteiger partial charge in [0.05, 0.1) is 36.9 Å². The van der Waals surface area contributed by atoms with Gasteiger partial charge < -0.3 is 9.64 Å². The minimum absolute atomic E-state index is 0.142. The Morgan fingerprint density at radius 3 is 2.86 bits per heavy atom. The lowest BCUT2D eigenvalue weighted by atomic mass is 10.2. The van der Waals surface area contributed by atoms with E-state index in [1.807, 2.05) is 6.92 Å². The van der Waals surface area contributed by atoms with Crippen LogP contribution in [-0.4, -0.2) is 50.4 Å². The number of morpholine rings is 1. The summed E-state index contributed by atoms with van der Waals surface area (Å²) in [6, 6.07) is 0. The highest BCUT2D eigenvalue weighted by Crippen LogP contribution is 2.20. The van der Waals surface area contributed by atoms with Gasteiger partial charge in [0.15, 0.2) is 0 Å². The van der Waals surface area contributed by atoms with Gasteiger partial charge in [-0.15, -0.1) is 0 Å².